The molecule has 0 aromatic carbocycles. The molecule has 4 fully saturated rings. The lowest BCUT2D eigenvalue weighted by atomic mass is 9.80. The molecule has 0 bridgehead atoms. The van der Waals surface area contributed by atoms with E-state index in [1.807, 2.05) is 12.4 Å². The number of rotatable bonds is 8. The van der Waals surface area contributed by atoms with Crippen LogP contribution >= 0.6 is 0 Å². The molecule has 2 aliphatic carbocycles. The van der Waals surface area contributed by atoms with E-state index in [4.69, 9.17) is 24.5 Å². The summed E-state index contributed by atoms with van der Waals surface area (Å²) in [5.41, 5.74) is 5.40. The molecule has 42 heavy (non-hydrogen) atoms. The SMILES string of the molecule is CC1CCC(Cn2c(N3CCOC[C@H]3c3ccncc3)nc3nc(C4NOC(=O)N4)nc(N[C@H](C)C4CCC4)c32)CC1. The molecular formula is C30H41N9O3. The molecule has 2 saturated carbocycles. The molecule has 224 valence electrons. The summed E-state index contributed by atoms with van der Waals surface area (Å²) >= 11 is 0. The van der Waals surface area contributed by atoms with Gasteiger partial charge in [0.25, 0.3) is 0 Å². The molecule has 2 saturated heterocycles. The monoisotopic (exact) mass is 575 g/mol. The first-order chi connectivity index (χ1) is 20.5. The summed E-state index contributed by atoms with van der Waals surface area (Å²) in [5, 5.41) is 6.51. The first-order valence-electron chi connectivity index (χ1n) is 15.6. The number of pyridine rings is 1. The van der Waals surface area contributed by atoms with Crippen LogP contribution in [0, 0.1) is 17.8 Å². The summed E-state index contributed by atoms with van der Waals surface area (Å²) in [6, 6.07) is 4.37. The van der Waals surface area contributed by atoms with E-state index in [1.54, 1.807) is 0 Å². The van der Waals surface area contributed by atoms with Crippen LogP contribution in [0.5, 0.6) is 0 Å². The highest BCUT2D eigenvalue weighted by Gasteiger charge is 2.34. The molecule has 3 atom stereocenters. The molecule has 5 heterocycles. The van der Waals surface area contributed by atoms with E-state index in [0.717, 1.165) is 35.3 Å². The number of aromatic nitrogens is 5. The summed E-state index contributed by atoms with van der Waals surface area (Å²) in [4.78, 5) is 38.6. The van der Waals surface area contributed by atoms with Gasteiger partial charge in [0.1, 0.15) is 5.52 Å². The molecule has 12 nitrogen and oxygen atoms in total. The third-order valence-electron chi connectivity index (χ3n) is 9.66. The fraction of sp³-hybridized carbons (Fsp3) is 0.633. The fourth-order valence-electron chi connectivity index (χ4n) is 6.82. The van der Waals surface area contributed by atoms with Crippen molar-refractivity contribution in [2.75, 3.05) is 30.0 Å². The number of imidazole rings is 1. The van der Waals surface area contributed by atoms with Gasteiger partial charge in [-0.3, -0.25) is 10.3 Å². The minimum absolute atomic E-state index is 0.00520. The van der Waals surface area contributed by atoms with Crippen LogP contribution in [0.25, 0.3) is 11.2 Å². The predicted molar refractivity (Wildman–Crippen MR) is 158 cm³/mol. The van der Waals surface area contributed by atoms with Crippen LogP contribution < -0.4 is 21.0 Å². The van der Waals surface area contributed by atoms with Crippen LogP contribution in [0.4, 0.5) is 16.6 Å². The number of amides is 1. The number of carbonyl (C=O) groups excluding carboxylic acids is 1. The number of morpholine rings is 1. The maximum absolute atomic E-state index is 11.9. The average molecular weight is 576 g/mol. The average Bonchev–Trinajstić information content (AvgIpc) is 3.57. The van der Waals surface area contributed by atoms with E-state index in [9.17, 15) is 4.79 Å². The summed E-state index contributed by atoms with van der Waals surface area (Å²) in [7, 11) is 0. The Labute approximate surface area is 245 Å². The number of nitrogens with zero attached hydrogens (tertiary/aromatic N) is 6. The number of nitrogens with one attached hydrogen (secondary N) is 3. The Bertz CT molecular complexity index is 1400. The van der Waals surface area contributed by atoms with Gasteiger partial charge in [-0.1, -0.05) is 26.2 Å². The zero-order valence-electron chi connectivity index (χ0n) is 24.5. The van der Waals surface area contributed by atoms with Crippen molar-refractivity contribution in [1.29, 1.82) is 0 Å². The number of fused-ring (bicyclic) bond motifs is 1. The second-order valence-electron chi connectivity index (χ2n) is 12.5. The van der Waals surface area contributed by atoms with Crippen molar-refractivity contribution in [3.8, 4) is 0 Å². The van der Waals surface area contributed by atoms with Gasteiger partial charge in [-0.2, -0.15) is 4.98 Å². The quantitative estimate of drug-likeness (QED) is 0.354. The Morgan fingerprint density at radius 2 is 1.90 bits per heavy atom. The van der Waals surface area contributed by atoms with Crippen molar-refractivity contribution >= 4 is 29.0 Å². The Morgan fingerprint density at radius 3 is 2.62 bits per heavy atom. The Hall–Kier alpha value is -3.51. The zero-order chi connectivity index (χ0) is 28.6. The highest BCUT2D eigenvalue weighted by molar-refractivity contribution is 5.86. The molecule has 4 aliphatic rings. The van der Waals surface area contributed by atoms with Gasteiger partial charge >= 0.3 is 6.09 Å². The highest BCUT2D eigenvalue weighted by atomic mass is 16.7. The molecule has 12 heteroatoms. The van der Waals surface area contributed by atoms with Crippen LogP contribution in [-0.2, 0) is 16.1 Å². The van der Waals surface area contributed by atoms with Crippen molar-refractivity contribution < 1.29 is 14.4 Å². The molecule has 3 N–H and O–H groups in total. The molecular weight excluding hydrogens is 534 g/mol. The molecule has 0 spiro atoms. The molecule has 3 aromatic rings. The van der Waals surface area contributed by atoms with Gasteiger partial charge in [-0.15, -0.1) is 5.48 Å². The van der Waals surface area contributed by atoms with Gasteiger partial charge in [0.05, 0.1) is 19.3 Å². The first kappa shape index (κ1) is 27.3. The number of anilines is 2. The number of hydrogen-bond donors (Lipinski definition) is 3. The van der Waals surface area contributed by atoms with Crippen molar-refractivity contribution in [2.24, 2.45) is 17.8 Å². The number of hydrogen-bond acceptors (Lipinski definition) is 10. The van der Waals surface area contributed by atoms with Gasteiger partial charge in [0, 0.05) is 31.5 Å². The lowest BCUT2D eigenvalue weighted by molar-refractivity contribution is 0.0927. The minimum atomic E-state index is -0.650. The van der Waals surface area contributed by atoms with Gasteiger partial charge < -0.3 is 24.4 Å². The largest absolute Gasteiger partial charge is 0.427 e. The molecule has 1 unspecified atom stereocenters. The smallest absolute Gasteiger partial charge is 0.377 e. The third-order valence-corrected chi connectivity index (χ3v) is 9.66. The van der Waals surface area contributed by atoms with E-state index >= 15 is 0 Å². The minimum Gasteiger partial charge on any atom is -0.377 e. The second-order valence-corrected chi connectivity index (χ2v) is 12.5. The van der Waals surface area contributed by atoms with E-state index in [2.05, 4.69) is 56.5 Å². The summed E-state index contributed by atoms with van der Waals surface area (Å²) in [5.74, 6) is 4.01. The van der Waals surface area contributed by atoms with Crippen molar-refractivity contribution in [3.63, 3.8) is 0 Å². The molecule has 1 amide bonds. The van der Waals surface area contributed by atoms with Gasteiger partial charge in [-0.25, -0.2) is 14.8 Å². The standard InChI is InChI=1S/C30H41N9O3/c1-18-6-8-20(9-7-18)16-39-24-25(32-19(2)21-4-3-5-21)33-27(28-36-30(40)42-37-28)34-26(24)35-29(39)38-14-15-41-17-23(38)22-10-12-31-13-11-22/h10-13,18-21,23,28,37H,3-9,14-17H2,1-2H3,(H,36,40)(H,32,33,34)/t18?,19-,20?,23+,28?/m1/s1. The maximum Gasteiger partial charge on any atom is 0.427 e. The number of hydroxylamine groups is 1. The van der Waals surface area contributed by atoms with Gasteiger partial charge in [0.2, 0.25) is 5.95 Å². The maximum atomic E-state index is 11.9. The normalized spacial score (nSPS) is 27.4. The number of ether oxygens (including phenoxy) is 1. The number of carbonyl (C=O) groups is 1. The van der Waals surface area contributed by atoms with Crippen LogP contribution in [0.3, 0.4) is 0 Å². The lowest BCUT2D eigenvalue weighted by Gasteiger charge is -2.37. The van der Waals surface area contributed by atoms with Crippen molar-refractivity contribution in [3.05, 3.63) is 35.9 Å². The van der Waals surface area contributed by atoms with E-state index in [1.165, 1.54) is 44.9 Å². The second kappa shape index (κ2) is 11.6. The van der Waals surface area contributed by atoms with Crippen LogP contribution in [0.1, 0.15) is 82.4 Å². The zero-order valence-corrected chi connectivity index (χ0v) is 24.5. The molecule has 2 aliphatic heterocycles. The Balaban J connectivity index is 1.35. The predicted octanol–water partition coefficient (Wildman–Crippen LogP) is 4.47. The van der Waals surface area contributed by atoms with Gasteiger partial charge in [-0.05, 0) is 68.1 Å². The van der Waals surface area contributed by atoms with Gasteiger partial charge in [0.15, 0.2) is 23.5 Å². The van der Waals surface area contributed by atoms with E-state index < -0.39 is 12.3 Å². The van der Waals surface area contributed by atoms with Crippen molar-refractivity contribution in [1.82, 2.24) is 35.3 Å². The topological polar surface area (TPSA) is 131 Å². The summed E-state index contributed by atoms with van der Waals surface area (Å²) in [6.45, 7) is 7.37. The highest BCUT2D eigenvalue weighted by Crippen LogP contribution is 2.38. The van der Waals surface area contributed by atoms with Crippen LogP contribution in [0.15, 0.2) is 24.5 Å². The molecule has 7 rings (SSSR count). The Kier molecular flexibility index (Phi) is 7.57. The molecule has 3 aromatic heterocycles. The first-order valence-corrected chi connectivity index (χ1v) is 15.6. The third kappa shape index (κ3) is 5.37. The summed E-state index contributed by atoms with van der Waals surface area (Å²) in [6.07, 6.45) is 11.1. The fourth-order valence-corrected chi connectivity index (χ4v) is 6.82. The Morgan fingerprint density at radius 1 is 1.10 bits per heavy atom. The summed E-state index contributed by atoms with van der Waals surface area (Å²) < 4.78 is 8.35. The van der Waals surface area contributed by atoms with E-state index in [0.29, 0.717) is 43.1 Å². The molecule has 0 radical (unpaired) electrons. The lowest BCUT2D eigenvalue weighted by Crippen LogP contribution is -2.41. The van der Waals surface area contributed by atoms with Crippen LogP contribution in [-0.4, -0.2) is 56.4 Å². The van der Waals surface area contributed by atoms with E-state index in [-0.39, 0.29) is 12.1 Å². The van der Waals surface area contributed by atoms with Crippen molar-refractivity contribution in [2.45, 2.75) is 83.6 Å². The van der Waals surface area contributed by atoms with Crippen LogP contribution in [0.2, 0.25) is 0 Å².